The first-order valence-corrected chi connectivity index (χ1v) is 21.7. The number of hydrogen-bond acceptors (Lipinski definition) is 0. The summed E-state index contributed by atoms with van der Waals surface area (Å²) < 4.78 is 0. The van der Waals surface area contributed by atoms with Crippen molar-refractivity contribution in [3.05, 3.63) is 186 Å². The van der Waals surface area contributed by atoms with E-state index in [1.807, 2.05) is 0 Å². The van der Waals surface area contributed by atoms with Gasteiger partial charge in [0.15, 0.2) is 0 Å². The lowest BCUT2D eigenvalue weighted by Gasteiger charge is -2.20. The number of rotatable bonds is 5. The van der Waals surface area contributed by atoms with Crippen molar-refractivity contribution in [2.75, 3.05) is 0 Å². The Morgan fingerprint density at radius 1 is 0.500 bits per heavy atom. The van der Waals surface area contributed by atoms with Crippen LogP contribution < -0.4 is 0 Å². The Balaban J connectivity index is 0.000000764. The summed E-state index contributed by atoms with van der Waals surface area (Å²) in [5, 5.41) is 11.2. The maximum atomic E-state index is 2.53. The van der Waals surface area contributed by atoms with Crippen molar-refractivity contribution in [2.45, 2.75) is 54.4 Å². The first-order valence-electron chi connectivity index (χ1n) is 21.7. The van der Waals surface area contributed by atoms with Crippen LogP contribution in [0.3, 0.4) is 0 Å². The van der Waals surface area contributed by atoms with Crippen LogP contribution in [0, 0.1) is 20.8 Å². The van der Waals surface area contributed by atoms with Crippen LogP contribution in [-0.4, -0.2) is 0 Å². The van der Waals surface area contributed by atoms with Gasteiger partial charge >= 0.3 is 0 Å². The molecule has 12 rings (SSSR count). The van der Waals surface area contributed by atoms with Crippen LogP contribution in [0.25, 0.3) is 115 Å². The second-order valence-electron chi connectivity index (χ2n) is 17.0. The van der Waals surface area contributed by atoms with Gasteiger partial charge in [-0.2, -0.15) is 0 Å². The molecule has 0 aliphatic heterocycles. The molecule has 288 valence electrons. The fourth-order valence-corrected chi connectivity index (χ4v) is 11.0. The first-order chi connectivity index (χ1) is 29.4. The van der Waals surface area contributed by atoms with Crippen molar-refractivity contribution < 1.29 is 0 Å². The summed E-state index contributed by atoms with van der Waals surface area (Å²) in [7, 11) is 0. The highest BCUT2D eigenvalue weighted by molar-refractivity contribution is 6.41. The second-order valence-corrected chi connectivity index (χ2v) is 17.0. The Labute approximate surface area is 353 Å². The number of allylic oxidation sites excluding steroid dienone is 8. The zero-order valence-corrected chi connectivity index (χ0v) is 35.4. The summed E-state index contributed by atoms with van der Waals surface area (Å²) in [6.45, 7) is 13.7. The van der Waals surface area contributed by atoms with E-state index >= 15 is 0 Å². The van der Waals surface area contributed by atoms with Gasteiger partial charge in [-0.15, -0.1) is 0 Å². The molecule has 0 saturated carbocycles. The molecule has 3 aliphatic carbocycles. The monoisotopic (exact) mass is 768 g/mol. The Kier molecular flexibility index (Phi) is 8.43. The lowest BCUT2D eigenvalue weighted by Crippen LogP contribution is -1.94. The topological polar surface area (TPSA) is 0 Å². The minimum Gasteiger partial charge on any atom is -0.0877 e. The molecule has 0 spiro atoms. The van der Waals surface area contributed by atoms with Gasteiger partial charge < -0.3 is 0 Å². The molecule has 0 heterocycles. The Hall–Kier alpha value is -6.76. The third-order valence-corrected chi connectivity index (χ3v) is 13.5. The molecule has 0 heteroatoms. The van der Waals surface area contributed by atoms with E-state index in [0.717, 1.165) is 12.8 Å². The molecule has 9 aromatic rings. The third-order valence-electron chi connectivity index (χ3n) is 13.5. The molecule has 0 fully saturated rings. The maximum absolute atomic E-state index is 2.53. The number of hydrogen-bond donors (Lipinski definition) is 0. The molecule has 0 amide bonds. The van der Waals surface area contributed by atoms with Crippen LogP contribution in [0.15, 0.2) is 158 Å². The van der Waals surface area contributed by atoms with Gasteiger partial charge in [0.1, 0.15) is 0 Å². The van der Waals surface area contributed by atoms with Crippen LogP contribution in [0.5, 0.6) is 0 Å². The zero-order chi connectivity index (χ0) is 40.8. The SMILES string of the molecule is C/C=C\C=C(/C)c1ccc(-c2ccccc2)c2c1-c1c(C)cc3c4ccc5c6c(c(C)cc(c7cc(C)c-2c1c37)c64)-c1c(CC)ccc(-c2ccccc2)c1-5.C1=CCC=C1. The van der Waals surface area contributed by atoms with Gasteiger partial charge in [-0.3, -0.25) is 0 Å². The average Bonchev–Trinajstić information content (AvgIpc) is 4.06. The summed E-state index contributed by atoms with van der Waals surface area (Å²) in [4.78, 5) is 0. The van der Waals surface area contributed by atoms with E-state index in [9.17, 15) is 0 Å². The molecule has 0 nitrogen and oxygen atoms in total. The molecule has 60 heavy (non-hydrogen) atoms. The van der Waals surface area contributed by atoms with Crippen molar-refractivity contribution in [3.8, 4) is 66.8 Å². The fourth-order valence-electron chi connectivity index (χ4n) is 11.0. The van der Waals surface area contributed by atoms with E-state index in [1.54, 1.807) is 0 Å². The second kappa shape index (κ2) is 13.9. The molecule has 0 unspecified atom stereocenters. The van der Waals surface area contributed by atoms with Gasteiger partial charge in [0, 0.05) is 0 Å². The molecule has 3 aliphatic rings. The zero-order valence-electron chi connectivity index (χ0n) is 35.4. The number of fused-ring (bicyclic) bond motifs is 8. The molecule has 0 radical (unpaired) electrons. The predicted molar refractivity (Wildman–Crippen MR) is 262 cm³/mol. The van der Waals surface area contributed by atoms with Gasteiger partial charge in [0.2, 0.25) is 0 Å². The van der Waals surface area contributed by atoms with E-state index in [2.05, 4.69) is 199 Å². The molecule has 0 aromatic heterocycles. The van der Waals surface area contributed by atoms with E-state index in [1.165, 1.54) is 143 Å². The lowest BCUT2D eigenvalue weighted by atomic mass is 9.83. The molecular weight excluding hydrogens is 721 g/mol. The predicted octanol–water partition coefficient (Wildman–Crippen LogP) is 17.3. The van der Waals surface area contributed by atoms with Crippen LogP contribution in [0.4, 0.5) is 0 Å². The summed E-state index contributed by atoms with van der Waals surface area (Å²) in [5.41, 5.74) is 24.5. The average molecular weight is 769 g/mol. The van der Waals surface area contributed by atoms with Crippen LogP contribution in [0.1, 0.15) is 55.0 Å². The van der Waals surface area contributed by atoms with Gasteiger partial charge in [-0.1, -0.05) is 165 Å². The van der Waals surface area contributed by atoms with Gasteiger partial charge in [-0.05, 0) is 191 Å². The van der Waals surface area contributed by atoms with Crippen LogP contribution >= 0.6 is 0 Å². The molecule has 0 bridgehead atoms. The highest BCUT2D eigenvalue weighted by Crippen LogP contribution is 2.61. The summed E-state index contributed by atoms with van der Waals surface area (Å²) >= 11 is 0. The largest absolute Gasteiger partial charge is 0.0877 e. The highest BCUT2D eigenvalue weighted by Gasteiger charge is 2.35. The van der Waals surface area contributed by atoms with Crippen molar-refractivity contribution in [1.29, 1.82) is 0 Å². The summed E-state index contributed by atoms with van der Waals surface area (Å²) in [6.07, 6.45) is 17.1. The molecule has 0 saturated heterocycles. The Morgan fingerprint density at radius 2 is 1.03 bits per heavy atom. The van der Waals surface area contributed by atoms with Crippen molar-refractivity contribution in [3.63, 3.8) is 0 Å². The van der Waals surface area contributed by atoms with E-state index in [0.29, 0.717) is 0 Å². The quantitative estimate of drug-likeness (QED) is 0.0929. The first kappa shape index (κ1) is 36.3. The van der Waals surface area contributed by atoms with E-state index in [4.69, 9.17) is 0 Å². The molecule has 9 aromatic carbocycles. The normalized spacial score (nSPS) is 13.4. The molecule has 0 atom stereocenters. The van der Waals surface area contributed by atoms with Crippen LogP contribution in [-0.2, 0) is 6.42 Å². The lowest BCUT2D eigenvalue weighted by molar-refractivity contribution is 1.14. The minimum atomic E-state index is 1.00. The summed E-state index contributed by atoms with van der Waals surface area (Å²) in [6, 6.07) is 43.9. The smallest absolute Gasteiger partial charge is 0.000809 e. The van der Waals surface area contributed by atoms with Crippen molar-refractivity contribution >= 4 is 48.7 Å². The highest BCUT2D eigenvalue weighted by atomic mass is 14.4. The van der Waals surface area contributed by atoms with Gasteiger partial charge in [0.25, 0.3) is 0 Å². The van der Waals surface area contributed by atoms with Crippen molar-refractivity contribution in [2.24, 2.45) is 0 Å². The standard InChI is InChI=1S/C55H42.C5H6/c1-7-9-16-30(3)37-23-24-39(36-19-14-11-15-20-36)53-47-33(6)29-44-43-28-31(4)45-48-34(8-2)21-22-38(35-17-12-10-13-18-35)49(48)41-26-25-40(50(43)54(41)45)42-27-32(5)46(52(37)53)55(47)51(42)44;1-2-4-5-3-1/h7,9-29H,8H2,1-6H3;1-4H,5H2/b9-7-,30-16+;. The minimum absolute atomic E-state index is 1.00. The number of benzene rings is 9. The summed E-state index contributed by atoms with van der Waals surface area (Å²) in [5.74, 6) is 0. The van der Waals surface area contributed by atoms with E-state index < -0.39 is 0 Å². The molecular formula is C60H48. The molecule has 0 N–H and O–H groups in total. The van der Waals surface area contributed by atoms with Crippen LogP contribution in [0.2, 0.25) is 0 Å². The fraction of sp³-hybridized carbons (Fsp3) is 0.133. The van der Waals surface area contributed by atoms with Gasteiger partial charge in [0.05, 0.1) is 0 Å². The Bertz CT molecular complexity index is 3370. The maximum Gasteiger partial charge on any atom is -0.000809 e. The number of aryl methyl sites for hydroxylation is 4. The van der Waals surface area contributed by atoms with E-state index in [-0.39, 0.29) is 0 Å². The third kappa shape index (κ3) is 5.10. The van der Waals surface area contributed by atoms with Gasteiger partial charge in [-0.25, -0.2) is 0 Å². The van der Waals surface area contributed by atoms with Crippen molar-refractivity contribution in [1.82, 2.24) is 0 Å². The Morgan fingerprint density at radius 3 is 1.62 bits per heavy atom.